The van der Waals surface area contributed by atoms with Gasteiger partial charge in [-0.1, -0.05) is 11.8 Å². The Morgan fingerprint density at radius 1 is 1.47 bits per heavy atom. The number of aromatic carboxylic acids is 1. The van der Waals surface area contributed by atoms with E-state index >= 15 is 0 Å². The summed E-state index contributed by atoms with van der Waals surface area (Å²) >= 11 is 2.44. The standard InChI is InChI=1S/C10H6N4O3S2/c15-9(16)6-3-5(4-18-6)19-8-2-1-7-11-12-10(17)14(7)13-8/h1-4H,(H,12,17)(H,15,16). The fourth-order valence-corrected chi connectivity index (χ4v) is 3.14. The Labute approximate surface area is 113 Å². The molecule has 0 unspecified atom stereocenters. The molecule has 0 saturated carbocycles. The van der Waals surface area contributed by atoms with Crippen LogP contribution in [0.1, 0.15) is 9.67 Å². The lowest BCUT2D eigenvalue weighted by Crippen LogP contribution is -2.12. The van der Waals surface area contributed by atoms with Crippen molar-refractivity contribution in [1.82, 2.24) is 19.8 Å². The average Bonchev–Trinajstić information content (AvgIpc) is 2.98. The minimum absolute atomic E-state index is 0.268. The first kappa shape index (κ1) is 11.9. The van der Waals surface area contributed by atoms with Crippen LogP contribution >= 0.6 is 23.1 Å². The lowest BCUT2D eigenvalue weighted by Gasteiger charge is -1.97. The molecule has 96 valence electrons. The SMILES string of the molecule is O=C(O)c1cc(Sc2ccc3n[nH]c(=O)n3n2)cs1. The fourth-order valence-electron chi connectivity index (χ4n) is 1.45. The highest BCUT2D eigenvalue weighted by Gasteiger charge is 2.09. The van der Waals surface area contributed by atoms with Gasteiger partial charge in [0.25, 0.3) is 0 Å². The zero-order chi connectivity index (χ0) is 13.4. The summed E-state index contributed by atoms with van der Waals surface area (Å²) in [4.78, 5) is 23.2. The number of H-pyrrole nitrogens is 1. The molecule has 19 heavy (non-hydrogen) atoms. The normalized spacial score (nSPS) is 10.9. The Kier molecular flexibility index (Phi) is 2.84. The van der Waals surface area contributed by atoms with Crippen LogP contribution in [0.15, 0.2) is 38.3 Å². The van der Waals surface area contributed by atoms with Crippen molar-refractivity contribution in [2.75, 3.05) is 0 Å². The van der Waals surface area contributed by atoms with Gasteiger partial charge in [-0.05, 0) is 18.2 Å². The number of fused-ring (bicyclic) bond motifs is 1. The molecule has 0 aliphatic carbocycles. The molecular formula is C10H6N4O3S2. The molecule has 7 nitrogen and oxygen atoms in total. The van der Waals surface area contributed by atoms with Gasteiger partial charge in [0.05, 0.1) is 0 Å². The first-order valence-electron chi connectivity index (χ1n) is 5.07. The second kappa shape index (κ2) is 4.52. The maximum Gasteiger partial charge on any atom is 0.364 e. The third-order valence-electron chi connectivity index (χ3n) is 2.26. The van der Waals surface area contributed by atoms with Crippen LogP contribution in [0.4, 0.5) is 0 Å². The van der Waals surface area contributed by atoms with Gasteiger partial charge in [-0.2, -0.15) is 14.7 Å². The second-order valence-electron chi connectivity index (χ2n) is 3.52. The molecule has 3 rings (SSSR count). The van der Waals surface area contributed by atoms with Crippen LogP contribution in [-0.2, 0) is 0 Å². The van der Waals surface area contributed by atoms with Crippen molar-refractivity contribution in [1.29, 1.82) is 0 Å². The van der Waals surface area contributed by atoms with Crippen LogP contribution in [0.5, 0.6) is 0 Å². The molecule has 0 fully saturated rings. The quantitative estimate of drug-likeness (QED) is 0.756. The number of hydrogen-bond donors (Lipinski definition) is 2. The number of thiophene rings is 1. The van der Waals surface area contributed by atoms with E-state index in [1.165, 1.54) is 11.8 Å². The van der Waals surface area contributed by atoms with E-state index in [1.807, 2.05) is 0 Å². The van der Waals surface area contributed by atoms with Gasteiger partial charge in [0.1, 0.15) is 9.90 Å². The van der Waals surface area contributed by atoms with E-state index in [9.17, 15) is 9.59 Å². The lowest BCUT2D eigenvalue weighted by molar-refractivity contribution is 0.0702. The van der Waals surface area contributed by atoms with Crippen LogP contribution in [0.25, 0.3) is 5.65 Å². The third-order valence-corrected chi connectivity index (χ3v) is 4.22. The highest BCUT2D eigenvalue weighted by Crippen LogP contribution is 2.29. The van der Waals surface area contributed by atoms with Crippen molar-refractivity contribution in [2.24, 2.45) is 0 Å². The van der Waals surface area contributed by atoms with E-state index < -0.39 is 11.7 Å². The molecule has 0 aliphatic rings. The number of nitrogens with one attached hydrogen (secondary N) is 1. The van der Waals surface area contributed by atoms with E-state index in [0.717, 1.165) is 20.7 Å². The van der Waals surface area contributed by atoms with Crippen LogP contribution < -0.4 is 5.69 Å². The first-order chi connectivity index (χ1) is 9.13. The van der Waals surface area contributed by atoms with Crippen molar-refractivity contribution in [3.63, 3.8) is 0 Å². The largest absolute Gasteiger partial charge is 0.477 e. The molecule has 2 N–H and O–H groups in total. The number of nitrogens with zero attached hydrogens (tertiary/aromatic N) is 3. The van der Waals surface area contributed by atoms with Crippen molar-refractivity contribution in [3.05, 3.63) is 38.9 Å². The van der Waals surface area contributed by atoms with E-state index in [-0.39, 0.29) is 4.88 Å². The number of carboxylic acid groups (broad SMARTS) is 1. The summed E-state index contributed by atoms with van der Waals surface area (Å²) in [5.41, 5.74) is 0.0277. The second-order valence-corrected chi connectivity index (χ2v) is 5.53. The predicted octanol–water partition coefficient (Wildman–Crippen LogP) is 1.33. The number of carbonyl (C=O) groups is 1. The fraction of sp³-hybridized carbons (Fsp3) is 0. The topological polar surface area (TPSA) is 100 Å². The van der Waals surface area contributed by atoms with Crippen molar-refractivity contribution < 1.29 is 9.90 Å². The molecule has 0 amide bonds. The average molecular weight is 294 g/mol. The van der Waals surface area contributed by atoms with Gasteiger partial charge in [-0.25, -0.2) is 14.7 Å². The van der Waals surface area contributed by atoms with Gasteiger partial charge in [-0.15, -0.1) is 11.3 Å². The molecular weight excluding hydrogens is 288 g/mol. The zero-order valence-corrected chi connectivity index (χ0v) is 10.9. The summed E-state index contributed by atoms with van der Waals surface area (Å²) in [6, 6.07) is 4.96. The Morgan fingerprint density at radius 3 is 3.05 bits per heavy atom. The predicted molar refractivity (Wildman–Crippen MR) is 69.0 cm³/mol. The Bertz CT molecular complexity index is 819. The van der Waals surface area contributed by atoms with Gasteiger partial charge in [0, 0.05) is 10.3 Å². The van der Waals surface area contributed by atoms with Gasteiger partial charge in [0.2, 0.25) is 0 Å². The highest BCUT2D eigenvalue weighted by atomic mass is 32.2. The van der Waals surface area contributed by atoms with E-state index in [2.05, 4.69) is 15.3 Å². The monoisotopic (exact) mass is 294 g/mol. The molecule has 0 aliphatic heterocycles. The Balaban J connectivity index is 1.93. The van der Waals surface area contributed by atoms with Gasteiger partial charge in [-0.3, -0.25) is 0 Å². The minimum atomic E-state index is -0.952. The number of aromatic amines is 1. The maximum atomic E-state index is 11.4. The highest BCUT2D eigenvalue weighted by molar-refractivity contribution is 7.99. The minimum Gasteiger partial charge on any atom is -0.477 e. The van der Waals surface area contributed by atoms with Gasteiger partial charge in [0.15, 0.2) is 5.65 Å². The molecule has 0 radical (unpaired) electrons. The van der Waals surface area contributed by atoms with Crippen LogP contribution in [0.3, 0.4) is 0 Å². The van der Waals surface area contributed by atoms with E-state index in [1.54, 1.807) is 23.6 Å². The molecule has 0 aromatic carbocycles. The number of rotatable bonds is 3. The van der Waals surface area contributed by atoms with E-state index in [4.69, 9.17) is 5.11 Å². The van der Waals surface area contributed by atoms with Crippen LogP contribution in [0.2, 0.25) is 0 Å². The molecule has 9 heteroatoms. The molecule has 3 heterocycles. The molecule has 0 saturated heterocycles. The number of hydrogen-bond acceptors (Lipinski definition) is 6. The molecule has 0 bridgehead atoms. The molecule has 3 aromatic rings. The molecule has 3 aromatic heterocycles. The molecule has 0 spiro atoms. The summed E-state index contributed by atoms with van der Waals surface area (Å²) in [5.74, 6) is -0.952. The lowest BCUT2D eigenvalue weighted by atomic mass is 10.5. The van der Waals surface area contributed by atoms with Crippen molar-refractivity contribution >= 4 is 34.7 Å². The Hall–Kier alpha value is -2.13. The summed E-state index contributed by atoms with van der Waals surface area (Å²) in [7, 11) is 0. The van der Waals surface area contributed by atoms with Crippen LogP contribution in [0, 0.1) is 0 Å². The van der Waals surface area contributed by atoms with Gasteiger partial charge >= 0.3 is 11.7 Å². The maximum absolute atomic E-state index is 11.4. The van der Waals surface area contributed by atoms with Gasteiger partial charge < -0.3 is 5.11 Å². The summed E-state index contributed by atoms with van der Waals surface area (Å²) in [5, 5.41) is 21.3. The Morgan fingerprint density at radius 2 is 2.32 bits per heavy atom. The molecule has 0 atom stereocenters. The number of carboxylic acids is 1. The van der Waals surface area contributed by atoms with Crippen molar-refractivity contribution in [2.45, 2.75) is 9.92 Å². The van der Waals surface area contributed by atoms with Crippen molar-refractivity contribution in [3.8, 4) is 0 Å². The third kappa shape index (κ3) is 2.25. The summed E-state index contributed by atoms with van der Waals surface area (Å²) in [6.45, 7) is 0. The number of aromatic nitrogens is 4. The van der Waals surface area contributed by atoms with Crippen LogP contribution in [-0.4, -0.2) is 30.9 Å². The summed E-state index contributed by atoms with van der Waals surface area (Å²) < 4.78 is 1.16. The summed E-state index contributed by atoms with van der Waals surface area (Å²) in [6.07, 6.45) is 0. The zero-order valence-electron chi connectivity index (χ0n) is 9.23. The smallest absolute Gasteiger partial charge is 0.364 e. The first-order valence-corrected chi connectivity index (χ1v) is 6.77. The van der Waals surface area contributed by atoms with E-state index in [0.29, 0.717) is 10.7 Å².